The Labute approximate surface area is 190 Å². The normalized spacial score (nSPS) is 21.6. The molecule has 162 valence electrons. The molecule has 2 unspecified atom stereocenters. The molecule has 2 aliphatic rings. The second kappa shape index (κ2) is 8.27. The van der Waals surface area contributed by atoms with Gasteiger partial charge in [0.2, 0.25) is 0 Å². The lowest BCUT2D eigenvalue weighted by molar-refractivity contribution is -0.134. The molecule has 2 saturated carbocycles. The van der Waals surface area contributed by atoms with Gasteiger partial charge in [-0.25, -0.2) is 4.79 Å². The number of nitrogens with zero attached hydrogens (tertiary/aromatic N) is 1. The van der Waals surface area contributed by atoms with Crippen molar-refractivity contribution in [2.24, 2.45) is 5.41 Å². The number of nitriles is 1. The minimum absolute atomic E-state index is 0.186. The molecule has 0 amide bonds. The number of nitrogens with one attached hydrogen (secondary N) is 1. The van der Waals surface area contributed by atoms with Crippen molar-refractivity contribution < 1.29 is 19.7 Å². The Bertz CT molecular complexity index is 1080. The van der Waals surface area contributed by atoms with Crippen LogP contribution in [0.4, 0.5) is 5.69 Å². The maximum Gasteiger partial charge on any atom is 0.335 e. The molecular formula is C23H23ClN2O4S. The van der Waals surface area contributed by atoms with Crippen LogP contribution in [0.3, 0.4) is 0 Å². The topological polar surface area (TPSA) is 103 Å². The molecule has 2 fully saturated rings. The van der Waals surface area contributed by atoms with Crippen LogP contribution in [-0.4, -0.2) is 28.4 Å². The van der Waals surface area contributed by atoms with Crippen molar-refractivity contribution in [2.75, 3.05) is 4.72 Å². The highest BCUT2D eigenvalue weighted by atomic mass is 35.5. The lowest BCUT2D eigenvalue weighted by Gasteiger charge is -2.48. The van der Waals surface area contributed by atoms with Gasteiger partial charge in [-0.3, -0.25) is 0 Å². The number of carboxylic acid groups (broad SMARTS) is 1. The molecule has 0 radical (unpaired) electrons. The Morgan fingerprint density at radius 1 is 1.32 bits per heavy atom. The van der Waals surface area contributed by atoms with Gasteiger partial charge in [-0.05, 0) is 54.5 Å². The first-order valence-corrected chi connectivity index (χ1v) is 11.3. The van der Waals surface area contributed by atoms with Gasteiger partial charge in [0.05, 0.1) is 27.9 Å². The summed E-state index contributed by atoms with van der Waals surface area (Å²) in [4.78, 5) is 12.3. The van der Waals surface area contributed by atoms with Crippen LogP contribution in [0.2, 0.25) is 5.02 Å². The van der Waals surface area contributed by atoms with E-state index in [-0.39, 0.29) is 22.1 Å². The molecule has 3 N–H and O–H groups in total. The van der Waals surface area contributed by atoms with Crippen LogP contribution in [0.15, 0.2) is 35.2 Å². The van der Waals surface area contributed by atoms with Crippen LogP contribution in [0.5, 0.6) is 5.75 Å². The second-order valence-corrected chi connectivity index (χ2v) is 9.91. The molecule has 0 bridgehead atoms. The number of aromatic carboxylic acids is 1. The summed E-state index contributed by atoms with van der Waals surface area (Å²) in [7, 11) is 0. The zero-order chi connectivity index (χ0) is 22.3. The average molecular weight is 459 g/mol. The summed E-state index contributed by atoms with van der Waals surface area (Å²) < 4.78 is 9.40. The molecule has 0 heterocycles. The zero-order valence-electron chi connectivity index (χ0n) is 17.2. The molecule has 31 heavy (non-hydrogen) atoms. The van der Waals surface area contributed by atoms with Gasteiger partial charge in [0.1, 0.15) is 17.9 Å². The second-order valence-electron chi connectivity index (χ2n) is 8.66. The number of ether oxygens (including phenoxy) is 1. The fourth-order valence-corrected chi connectivity index (χ4v) is 4.75. The molecule has 0 spiro atoms. The van der Waals surface area contributed by atoms with E-state index in [1.54, 1.807) is 24.3 Å². The molecule has 4 rings (SSSR count). The Morgan fingerprint density at radius 3 is 2.65 bits per heavy atom. The van der Waals surface area contributed by atoms with Gasteiger partial charge >= 0.3 is 5.97 Å². The van der Waals surface area contributed by atoms with E-state index in [0.29, 0.717) is 29.3 Å². The Morgan fingerprint density at radius 2 is 2.06 bits per heavy atom. The third-order valence-electron chi connectivity index (χ3n) is 6.13. The van der Waals surface area contributed by atoms with Crippen molar-refractivity contribution in [3.63, 3.8) is 0 Å². The number of aliphatic hydroxyl groups is 1. The zero-order valence-corrected chi connectivity index (χ0v) is 18.8. The number of halogens is 1. The van der Waals surface area contributed by atoms with Gasteiger partial charge in [-0.15, -0.1) is 0 Å². The number of hydrogen-bond acceptors (Lipinski definition) is 6. The van der Waals surface area contributed by atoms with Gasteiger partial charge in [-0.1, -0.05) is 31.5 Å². The average Bonchev–Trinajstić information content (AvgIpc) is 3.58. The van der Waals surface area contributed by atoms with Crippen molar-refractivity contribution in [2.45, 2.75) is 56.1 Å². The predicted octanol–water partition coefficient (Wildman–Crippen LogP) is 5.44. The molecular weight excluding hydrogens is 436 g/mol. The molecule has 2 atom stereocenters. The van der Waals surface area contributed by atoms with Gasteiger partial charge in [0, 0.05) is 22.8 Å². The van der Waals surface area contributed by atoms with Crippen LogP contribution in [0.25, 0.3) is 0 Å². The van der Waals surface area contributed by atoms with Crippen molar-refractivity contribution >= 4 is 35.2 Å². The van der Waals surface area contributed by atoms with Gasteiger partial charge < -0.3 is 19.7 Å². The first-order chi connectivity index (χ1) is 14.7. The van der Waals surface area contributed by atoms with E-state index in [9.17, 15) is 20.3 Å². The Kier molecular flexibility index (Phi) is 5.82. The van der Waals surface area contributed by atoms with E-state index in [4.69, 9.17) is 16.3 Å². The van der Waals surface area contributed by atoms with E-state index < -0.39 is 12.1 Å². The highest BCUT2D eigenvalue weighted by molar-refractivity contribution is 8.00. The summed E-state index contributed by atoms with van der Waals surface area (Å²) in [5.41, 5.74) is 1.84. The highest BCUT2D eigenvalue weighted by Crippen LogP contribution is 2.47. The van der Waals surface area contributed by atoms with E-state index in [1.165, 1.54) is 11.9 Å². The van der Waals surface area contributed by atoms with Crippen molar-refractivity contribution in [3.8, 4) is 11.8 Å². The molecule has 0 aliphatic heterocycles. The van der Waals surface area contributed by atoms with Crippen LogP contribution >= 0.6 is 23.5 Å². The first-order valence-electron chi connectivity index (χ1n) is 10.1. The van der Waals surface area contributed by atoms with Crippen molar-refractivity contribution in [1.29, 1.82) is 5.26 Å². The first kappa shape index (κ1) is 21.8. The fraction of sp³-hybridized carbons (Fsp3) is 0.391. The van der Waals surface area contributed by atoms with Crippen molar-refractivity contribution in [3.05, 3.63) is 52.0 Å². The lowest BCUT2D eigenvalue weighted by atomic mass is 9.66. The standard InChI is InChI=1S/C23H23ClN2O4S/c1-23(2)20(27)10-21(23)30-18-9-16(24)14(11-25)7-17(18)26-31-19-8-13(22(28)29)5-6-15(19)12-3-4-12/h5-9,12,20-21,26-27H,3-4,10H2,1-2H3,(H,28,29). The third-order valence-corrected chi connectivity index (χ3v) is 7.34. The summed E-state index contributed by atoms with van der Waals surface area (Å²) in [5.74, 6) is -0.0406. The molecule has 6 nitrogen and oxygen atoms in total. The predicted molar refractivity (Wildman–Crippen MR) is 120 cm³/mol. The number of anilines is 1. The maximum atomic E-state index is 11.4. The number of rotatable bonds is 7. The van der Waals surface area contributed by atoms with Gasteiger partial charge in [0.15, 0.2) is 0 Å². The van der Waals surface area contributed by atoms with Crippen LogP contribution < -0.4 is 9.46 Å². The van der Waals surface area contributed by atoms with Crippen molar-refractivity contribution in [1.82, 2.24) is 0 Å². The van der Waals surface area contributed by atoms with E-state index in [2.05, 4.69) is 10.8 Å². The molecule has 0 saturated heterocycles. The summed E-state index contributed by atoms with van der Waals surface area (Å²) in [6, 6.07) is 10.5. The van der Waals surface area contributed by atoms with E-state index >= 15 is 0 Å². The summed E-state index contributed by atoms with van der Waals surface area (Å²) in [6.45, 7) is 3.89. The summed E-state index contributed by atoms with van der Waals surface area (Å²) >= 11 is 7.54. The van der Waals surface area contributed by atoms with E-state index in [0.717, 1.165) is 23.3 Å². The van der Waals surface area contributed by atoms with E-state index in [1.807, 2.05) is 19.9 Å². The van der Waals surface area contributed by atoms with Gasteiger partial charge in [-0.2, -0.15) is 5.26 Å². The van der Waals surface area contributed by atoms with Crippen LogP contribution in [0, 0.1) is 16.7 Å². The monoisotopic (exact) mass is 458 g/mol. The largest absolute Gasteiger partial charge is 0.487 e. The highest BCUT2D eigenvalue weighted by Gasteiger charge is 2.49. The van der Waals surface area contributed by atoms with Crippen LogP contribution in [0.1, 0.15) is 60.5 Å². The fourth-order valence-electron chi connectivity index (χ4n) is 3.63. The van der Waals surface area contributed by atoms with Gasteiger partial charge in [0.25, 0.3) is 0 Å². The quantitative estimate of drug-likeness (QED) is 0.474. The Hall–Kier alpha value is -2.40. The number of carboxylic acids is 1. The Balaban J connectivity index is 1.62. The maximum absolute atomic E-state index is 11.4. The minimum atomic E-state index is -0.975. The number of hydrogen-bond donors (Lipinski definition) is 3. The smallest absolute Gasteiger partial charge is 0.335 e. The molecule has 8 heteroatoms. The summed E-state index contributed by atoms with van der Waals surface area (Å²) in [5, 5.41) is 29.1. The molecule has 0 aromatic heterocycles. The number of aliphatic hydroxyl groups excluding tert-OH is 1. The third kappa shape index (κ3) is 4.33. The minimum Gasteiger partial charge on any atom is -0.487 e. The SMILES string of the molecule is CC1(C)C(O)CC1Oc1cc(Cl)c(C#N)cc1NSc1cc(C(=O)O)ccc1C1CC1. The molecule has 2 aromatic carbocycles. The molecule has 2 aromatic rings. The molecule has 2 aliphatic carbocycles. The lowest BCUT2D eigenvalue weighted by Crippen LogP contribution is -2.56. The summed E-state index contributed by atoms with van der Waals surface area (Å²) in [6.07, 6.45) is 2.08. The number of benzene rings is 2. The number of carbonyl (C=O) groups is 1. The van der Waals surface area contributed by atoms with Crippen LogP contribution in [-0.2, 0) is 0 Å².